The molecule has 0 saturated heterocycles. The van der Waals surface area contributed by atoms with Crippen LogP contribution in [0.3, 0.4) is 0 Å². The molecule has 0 aliphatic rings. The van der Waals surface area contributed by atoms with Crippen molar-refractivity contribution < 1.29 is 4.42 Å². The van der Waals surface area contributed by atoms with E-state index in [1.165, 1.54) is 21.5 Å². The zero-order chi connectivity index (χ0) is 40.4. The zero-order valence-electron chi connectivity index (χ0n) is 32.6. The van der Waals surface area contributed by atoms with E-state index in [2.05, 4.69) is 167 Å². The van der Waals surface area contributed by atoms with Crippen LogP contribution in [0.25, 0.3) is 122 Å². The molecule has 0 radical (unpaired) electrons. The fourth-order valence-electron chi connectivity index (χ4n) is 8.85. The molecule has 12 rings (SSSR count). The van der Waals surface area contributed by atoms with Gasteiger partial charge in [0, 0.05) is 49.3 Å². The second kappa shape index (κ2) is 14.2. The number of halogens is 1. The Morgan fingerprint density at radius 2 is 0.951 bits per heavy atom. The lowest BCUT2D eigenvalue weighted by atomic mass is 9.96. The lowest BCUT2D eigenvalue weighted by Crippen LogP contribution is -1.97. The molecule has 0 amide bonds. The maximum atomic E-state index is 6.69. The summed E-state index contributed by atoms with van der Waals surface area (Å²) in [6.45, 7) is 0. The number of nitrogens with one attached hydrogen (secondary N) is 1. The number of H-pyrrole nitrogens is 1. The molecule has 3 heterocycles. The summed E-state index contributed by atoms with van der Waals surface area (Å²) in [5.74, 6) is 1.06. The number of aromatic nitrogens is 4. The van der Waals surface area contributed by atoms with Crippen LogP contribution in [0.1, 0.15) is 0 Å². The second-order valence-electron chi connectivity index (χ2n) is 15.4. The van der Waals surface area contributed by atoms with Crippen molar-refractivity contribution >= 4 is 66.1 Å². The SMILES string of the molecule is Clc1nc(-c2ccc(-c3ccccc3)cc2)nc(-c2ccc(-c3cccc(-c4ccc5oc6c(-c7cccc8c7[nH]c7ccc9ccccc9c78)cccc6c5c4)c3)cc2)n1. The largest absolute Gasteiger partial charge is 0.455 e. The molecule has 286 valence electrons. The van der Waals surface area contributed by atoms with Gasteiger partial charge in [-0.25, -0.2) is 4.98 Å². The van der Waals surface area contributed by atoms with E-state index in [0.717, 1.165) is 88.6 Å². The maximum absolute atomic E-state index is 6.69. The first-order valence-corrected chi connectivity index (χ1v) is 20.7. The summed E-state index contributed by atoms with van der Waals surface area (Å²) >= 11 is 6.46. The number of hydrogen-bond acceptors (Lipinski definition) is 4. The van der Waals surface area contributed by atoms with E-state index in [9.17, 15) is 0 Å². The van der Waals surface area contributed by atoms with Crippen LogP contribution in [0.5, 0.6) is 0 Å². The van der Waals surface area contributed by atoms with E-state index < -0.39 is 0 Å². The molecule has 61 heavy (non-hydrogen) atoms. The predicted octanol–water partition coefficient (Wildman–Crippen LogP) is 15.2. The van der Waals surface area contributed by atoms with Gasteiger partial charge in [0.05, 0.1) is 5.52 Å². The fraction of sp³-hybridized carbons (Fsp3) is 0. The molecule has 9 aromatic carbocycles. The molecule has 3 aromatic heterocycles. The highest BCUT2D eigenvalue weighted by Crippen LogP contribution is 2.42. The molecule has 0 aliphatic carbocycles. The van der Waals surface area contributed by atoms with E-state index in [1.54, 1.807) is 0 Å². The standard InChI is InChI=1S/C55H33ClN4O/c56-55-59-53(37-23-19-34(20-24-37)33-9-2-1-3-10-33)58-54(60-55)38-25-21-35(22-26-38)39-12-6-13-40(31-39)41-28-30-49-47(32-41)45-17-8-16-44(52(45)61-49)43-15-7-18-46-50-42-14-5-4-11-36(42)27-29-48(50)57-51(43)46/h1-32,57H. The molecule has 0 atom stereocenters. The molecule has 0 aliphatic heterocycles. The van der Waals surface area contributed by atoms with E-state index in [4.69, 9.17) is 21.0 Å². The summed E-state index contributed by atoms with van der Waals surface area (Å²) in [6.07, 6.45) is 0. The summed E-state index contributed by atoms with van der Waals surface area (Å²) in [4.78, 5) is 17.5. The molecular formula is C55H33ClN4O. The maximum Gasteiger partial charge on any atom is 0.226 e. The van der Waals surface area contributed by atoms with E-state index in [0.29, 0.717) is 11.6 Å². The molecule has 1 N–H and O–H groups in total. The summed E-state index contributed by atoms with van der Waals surface area (Å²) in [7, 11) is 0. The first-order chi connectivity index (χ1) is 30.1. The van der Waals surface area contributed by atoms with Crippen LogP contribution < -0.4 is 0 Å². The Hall–Kier alpha value is -7.86. The normalized spacial score (nSPS) is 11.7. The van der Waals surface area contributed by atoms with Gasteiger partial charge in [0.2, 0.25) is 5.28 Å². The minimum absolute atomic E-state index is 0.155. The number of aromatic amines is 1. The fourth-order valence-corrected chi connectivity index (χ4v) is 9.01. The van der Waals surface area contributed by atoms with Crippen molar-refractivity contribution in [3.05, 3.63) is 199 Å². The number of fused-ring (bicyclic) bond motifs is 8. The first-order valence-electron chi connectivity index (χ1n) is 20.3. The molecule has 5 nitrogen and oxygen atoms in total. The van der Waals surface area contributed by atoms with E-state index in [1.807, 2.05) is 42.5 Å². The third kappa shape index (κ3) is 6.05. The van der Waals surface area contributed by atoms with Crippen LogP contribution in [-0.4, -0.2) is 19.9 Å². The van der Waals surface area contributed by atoms with E-state index in [-0.39, 0.29) is 5.28 Å². The molecular weight excluding hydrogens is 768 g/mol. The number of benzene rings is 9. The molecule has 0 saturated carbocycles. The Balaban J connectivity index is 0.855. The van der Waals surface area contributed by atoms with Gasteiger partial charge in [0.25, 0.3) is 0 Å². The van der Waals surface area contributed by atoms with Crippen LogP contribution >= 0.6 is 11.6 Å². The Bertz CT molecular complexity index is 3650. The first kappa shape index (κ1) is 35.1. The third-order valence-corrected chi connectivity index (χ3v) is 12.0. The highest BCUT2D eigenvalue weighted by Gasteiger charge is 2.18. The van der Waals surface area contributed by atoms with Crippen molar-refractivity contribution in [2.45, 2.75) is 0 Å². The molecule has 6 heteroatoms. The highest BCUT2D eigenvalue weighted by atomic mass is 35.5. The van der Waals surface area contributed by atoms with Crippen molar-refractivity contribution in [1.29, 1.82) is 0 Å². The van der Waals surface area contributed by atoms with Gasteiger partial charge >= 0.3 is 0 Å². The van der Waals surface area contributed by atoms with E-state index >= 15 is 0 Å². The lowest BCUT2D eigenvalue weighted by molar-refractivity contribution is 0.670. The Labute approximate surface area is 355 Å². The van der Waals surface area contributed by atoms with Crippen molar-refractivity contribution in [2.24, 2.45) is 0 Å². The van der Waals surface area contributed by atoms with Gasteiger partial charge in [-0.2, -0.15) is 9.97 Å². The number of furan rings is 1. The minimum atomic E-state index is 0.155. The topological polar surface area (TPSA) is 67.6 Å². The number of nitrogens with zero attached hydrogens (tertiary/aromatic N) is 3. The van der Waals surface area contributed by atoms with Crippen LogP contribution in [0.15, 0.2) is 199 Å². The summed E-state index contributed by atoms with van der Waals surface area (Å²) in [6, 6.07) is 67.9. The summed E-state index contributed by atoms with van der Waals surface area (Å²) in [5, 5.41) is 7.27. The Morgan fingerprint density at radius 1 is 0.393 bits per heavy atom. The van der Waals surface area contributed by atoms with Crippen LogP contribution in [-0.2, 0) is 0 Å². The number of rotatable bonds is 6. The molecule has 0 fully saturated rings. The Kier molecular flexibility index (Phi) is 8.15. The molecule has 12 aromatic rings. The van der Waals surface area contributed by atoms with Gasteiger partial charge in [-0.3, -0.25) is 0 Å². The van der Waals surface area contributed by atoms with Gasteiger partial charge in [0.1, 0.15) is 11.2 Å². The quantitative estimate of drug-likeness (QED) is 0.182. The minimum Gasteiger partial charge on any atom is -0.455 e. The number of hydrogen-bond donors (Lipinski definition) is 1. The highest BCUT2D eigenvalue weighted by molar-refractivity contribution is 6.28. The zero-order valence-corrected chi connectivity index (χ0v) is 33.4. The smallest absolute Gasteiger partial charge is 0.226 e. The summed E-state index contributed by atoms with van der Waals surface area (Å²) in [5.41, 5.74) is 14.6. The van der Waals surface area contributed by atoms with Crippen molar-refractivity contribution in [2.75, 3.05) is 0 Å². The second-order valence-corrected chi connectivity index (χ2v) is 15.7. The van der Waals surface area contributed by atoms with Crippen LogP contribution in [0, 0.1) is 0 Å². The molecule has 0 unspecified atom stereocenters. The van der Waals surface area contributed by atoms with Crippen molar-refractivity contribution in [3.8, 4) is 67.3 Å². The molecule has 0 bridgehead atoms. The van der Waals surface area contributed by atoms with Gasteiger partial charge in [-0.1, -0.05) is 170 Å². The predicted molar refractivity (Wildman–Crippen MR) is 252 cm³/mol. The average molecular weight is 801 g/mol. The van der Waals surface area contributed by atoms with Crippen LogP contribution in [0.2, 0.25) is 5.28 Å². The Morgan fingerprint density at radius 3 is 1.72 bits per heavy atom. The average Bonchev–Trinajstić information content (AvgIpc) is 3.91. The lowest BCUT2D eigenvalue weighted by Gasteiger charge is -2.09. The third-order valence-electron chi connectivity index (χ3n) is 11.8. The van der Waals surface area contributed by atoms with Crippen molar-refractivity contribution in [1.82, 2.24) is 19.9 Å². The van der Waals surface area contributed by atoms with Gasteiger partial charge in [-0.15, -0.1) is 0 Å². The van der Waals surface area contributed by atoms with Gasteiger partial charge in [0.15, 0.2) is 11.6 Å². The summed E-state index contributed by atoms with van der Waals surface area (Å²) < 4.78 is 6.69. The van der Waals surface area contributed by atoms with Crippen molar-refractivity contribution in [3.63, 3.8) is 0 Å². The monoisotopic (exact) mass is 800 g/mol. The number of para-hydroxylation sites is 2. The van der Waals surface area contributed by atoms with Gasteiger partial charge in [-0.05, 0) is 80.0 Å². The van der Waals surface area contributed by atoms with Gasteiger partial charge < -0.3 is 9.40 Å². The van der Waals surface area contributed by atoms with Crippen LogP contribution in [0.4, 0.5) is 0 Å². The molecule has 0 spiro atoms.